The Morgan fingerprint density at radius 3 is 2.91 bits per heavy atom. The summed E-state index contributed by atoms with van der Waals surface area (Å²) < 4.78 is 2.07. The second-order valence-corrected chi connectivity index (χ2v) is 7.76. The first-order chi connectivity index (χ1) is 10.5. The van der Waals surface area contributed by atoms with Crippen LogP contribution in [0.2, 0.25) is 5.02 Å². The van der Waals surface area contributed by atoms with Crippen molar-refractivity contribution in [3.8, 4) is 0 Å². The average Bonchev–Trinajstić information content (AvgIpc) is 2.83. The second kappa shape index (κ2) is 6.40. The van der Waals surface area contributed by atoms with Gasteiger partial charge in [0, 0.05) is 18.6 Å². The zero-order valence-electron chi connectivity index (χ0n) is 13.0. The number of aromatic nitrogens is 2. The molecule has 4 nitrogen and oxygen atoms in total. The molecule has 0 saturated carbocycles. The number of imidazole rings is 1. The van der Waals surface area contributed by atoms with Crippen molar-refractivity contribution >= 4 is 34.4 Å². The minimum absolute atomic E-state index is 0.0785. The Balaban J connectivity index is 1.74. The van der Waals surface area contributed by atoms with Crippen molar-refractivity contribution in [3.63, 3.8) is 0 Å². The molecule has 1 atom stereocenters. The van der Waals surface area contributed by atoms with Crippen LogP contribution in [0.25, 0.3) is 11.0 Å². The number of halogens is 1. The number of fused-ring (bicyclic) bond motifs is 1. The van der Waals surface area contributed by atoms with Gasteiger partial charge in [-0.25, -0.2) is 4.98 Å². The normalized spacial score (nSPS) is 19.5. The highest BCUT2D eigenvalue weighted by atomic mass is 35.5. The van der Waals surface area contributed by atoms with E-state index in [4.69, 9.17) is 16.6 Å². The summed E-state index contributed by atoms with van der Waals surface area (Å²) in [7, 11) is 2.01. The maximum Gasteiger partial charge on any atom is 0.126 e. The quantitative estimate of drug-likeness (QED) is 0.898. The Kier molecular flexibility index (Phi) is 4.69. The Labute approximate surface area is 140 Å². The van der Waals surface area contributed by atoms with Gasteiger partial charge in [0.1, 0.15) is 5.82 Å². The first-order valence-corrected chi connectivity index (χ1v) is 9.17. The van der Waals surface area contributed by atoms with Gasteiger partial charge in [-0.2, -0.15) is 11.8 Å². The topological polar surface area (TPSA) is 50.1 Å². The molecule has 0 radical (unpaired) electrons. The summed E-state index contributed by atoms with van der Waals surface area (Å²) >= 11 is 7.99. The Morgan fingerprint density at radius 1 is 1.45 bits per heavy atom. The lowest BCUT2D eigenvalue weighted by atomic mass is 9.96. The van der Waals surface area contributed by atoms with Crippen LogP contribution in [0.3, 0.4) is 0 Å². The van der Waals surface area contributed by atoms with Gasteiger partial charge in [-0.05, 0) is 49.5 Å². The minimum Gasteiger partial charge on any atom is -0.389 e. The van der Waals surface area contributed by atoms with E-state index >= 15 is 0 Å². The second-order valence-electron chi connectivity index (χ2n) is 6.10. The molecule has 6 heteroatoms. The van der Waals surface area contributed by atoms with Gasteiger partial charge in [-0.15, -0.1) is 0 Å². The van der Waals surface area contributed by atoms with Crippen LogP contribution < -0.4 is 5.32 Å². The molecule has 2 heterocycles. The number of aryl methyl sites for hydroxylation is 1. The molecule has 3 rings (SSSR count). The zero-order chi connectivity index (χ0) is 15.7. The molecule has 1 aliphatic heterocycles. The minimum atomic E-state index is -0.576. The van der Waals surface area contributed by atoms with E-state index in [0.717, 1.165) is 46.2 Å². The number of aliphatic hydroxyl groups is 1. The maximum absolute atomic E-state index is 10.6. The number of hydrogen-bond donors (Lipinski definition) is 2. The van der Waals surface area contributed by atoms with Gasteiger partial charge in [0.2, 0.25) is 0 Å². The molecule has 2 N–H and O–H groups in total. The number of nitrogens with zero attached hydrogens (tertiary/aromatic N) is 2. The summed E-state index contributed by atoms with van der Waals surface area (Å²) in [6.07, 6.45) is 1.71. The largest absolute Gasteiger partial charge is 0.389 e. The lowest BCUT2D eigenvalue weighted by Gasteiger charge is -2.33. The lowest BCUT2D eigenvalue weighted by Crippen LogP contribution is -2.44. The van der Waals surface area contributed by atoms with Crippen molar-refractivity contribution in [2.24, 2.45) is 7.05 Å². The fourth-order valence-electron chi connectivity index (χ4n) is 2.93. The third kappa shape index (κ3) is 3.27. The van der Waals surface area contributed by atoms with Crippen LogP contribution in [0.15, 0.2) is 18.2 Å². The fraction of sp³-hybridized carbons (Fsp3) is 0.562. The number of hydrogen-bond acceptors (Lipinski definition) is 4. The van der Waals surface area contributed by atoms with E-state index < -0.39 is 5.60 Å². The molecule has 0 bridgehead atoms. The zero-order valence-corrected chi connectivity index (χ0v) is 14.5. The van der Waals surface area contributed by atoms with E-state index in [1.165, 1.54) is 0 Å². The number of rotatable bonds is 4. The molecule has 1 aliphatic rings. The molecule has 120 valence electrons. The average molecular weight is 340 g/mol. The predicted molar refractivity (Wildman–Crippen MR) is 93.7 cm³/mol. The van der Waals surface area contributed by atoms with Crippen molar-refractivity contribution in [1.82, 2.24) is 14.9 Å². The molecule has 2 aromatic rings. The molecule has 22 heavy (non-hydrogen) atoms. The van der Waals surface area contributed by atoms with Crippen LogP contribution in [-0.2, 0) is 7.05 Å². The third-order valence-electron chi connectivity index (χ3n) is 4.43. The van der Waals surface area contributed by atoms with Crippen LogP contribution in [-0.4, -0.2) is 38.3 Å². The Hall–Kier alpha value is -0.750. The van der Waals surface area contributed by atoms with E-state index in [1.807, 2.05) is 37.0 Å². The van der Waals surface area contributed by atoms with Crippen LogP contribution in [0.1, 0.15) is 31.6 Å². The first-order valence-electron chi connectivity index (χ1n) is 7.64. The van der Waals surface area contributed by atoms with Gasteiger partial charge >= 0.3 is 0 Å². The number of nitrogens with one attached hydrogen (secondary N) is 1. The molecule has 1 unspecified atom stereocenters. The van der Waals surface area contributed by atoms with Crippen LogP contribution >= 0.6 is 23.4 Å². The summed E-state index contributed by atoms with van der Waals surface area (Å²) in [6.45, 7) is 2.70. The molecule has 0 spiro atoms. The highest BCUT2D eigenvalue weighted by Gasteiger charge is 2.30. The molecule has 0 amide bonds. The van der Waals surface area contributed by atoms with Gasteiger partial charge < -0.3 is 15.0 Å². The highest BCUT2D eigenvalue weighted by molar-refractivity contribution is 7.99. The third-order valence-corrected chi connectivity index (χ3v) is 5.65. The highest BCUT2D eigenvalue weighted by Crippen LogP contribution is 2.27. The SMILES string of the molecule is CC(NCC1(O)CCSCC1)c1nc2ccc(Cl)cc2n1C. The van der Waals surface area contributed by atoms with Crippen LogP contribution in [0.5, 0.6) is 0 Å². The lowest BCUT2D eigenvalue weighted by molar-refractivity contribution is 0.0297. The summed E-state index contributed by atoms with van der Waals surface area (Å²) in [5.41, 5.74) is 1.40. The van der Waals surface area contributed by atoms with Gasteiger partial charge in [0.15, 0.2) is 0 Å². The van der Waals surface area contributed by atoms with Gasteiger partial charge in [-0.1, -0.05) is 11.6 Å². The smallest absolute Gasteiger partial charge is 0.126 e. The molecule has 1 aromatic carbocycles. The van der Waals surface area contributed by atoms with E-state index in [0.29, 0.717) is 6.54 Å². The maximum atomic E-state index is 10.6. The molecule has 1 aromatic heterocycles. The van der Waals surface area contributed by atoms with E-state index in [9.17, 15) is 5.11 Å². The number of benzene rings is 1. The first kappa shape index (κ1) is 16.1. The summed E-state index contributed by atoms with van der Waals surface area (Å²) in [6, 6.07) is 5.82. The van der Waals surface area contributed by atoms with E-state index in [-0.39, 0.29) is 6.04 Å². The van der Waals surface area contributed by atoms with E-state index in [1.54, 1.807) is 0 Å². The Bertz CT molecular complexity index is 667. The van der Waals surface area contributed by atoms with Crippen molar-refractivity contribution < 1.29 is 5.11 Å². The van der Waals surface area contributed by atoms with Crippen LogP contribution in [0, 0.1) is 0 Å². The Morgan fingerprint density at radius 2 is 2.18 bits per heavy atom. The fourth-order valence-corrected chi connectivity index (χ4v) is 4.35. The molecule has 1 fully saturated rings. The van der Waals surface area contributed by atoms with Crippen LogP contribution in [0.4, 0.5) is 0 Å². The van der Waals surface area contributed by atoms with Crippen molar-refractivity contribution in [1.29, 1.82) is 0 Å². The van der Waals surface area contributed by atoms with E-state index in [2.05, 4.69) is 16.8 Å². The standard InChI is InChI=1S/C16H22ClN3OS/c1-11(18-10-16(21)5-7-22-8-6-16)15-19-13-4-3-12(17)9-14(13)20(15)2/h3-4,9,11,18,21H,5-8,10H2,1-2H3. The molecule has 0 aliphatic carbocycles. The van der Waals surface area contributed by atoms with Gasteiger partial charge in [0.05, 0.1) is 22.7 Å². The monoisotopic (exact) mass is 339 g/mol. The van der Waals surface area contributed by atoms with Crippen molar-refractivity contribution in [3.05, 3.63) is 29.0 Å². The predicted octanol–water partition coefficient (Wildman–Crippen LogP) is 3.14. The summed E-state index contributed by atoms with van der Waals surface area (Å²) in [5, 5.41) is 14.8. The molecule has 1 saturated heterocycles. The van der Waals surface area contributed by atoms with Crippen molar-refractivity contribution in [2.45, 2.75) is 31.4 Å². The summed E-state index contributed by atoms with van der Waals surface area (Å²) in [5.74, 6) is 3.04. The molecular weight excluding hydrogens is 318 g/mol. The molecular formula is C16H22ClN3OS. The van der Waals surface area contributed by atoms with Gasteiger partial charge in [-0.3, -0.25) is 0 Å². The summed E-state index contributed by atoms with van der Waals surface area (Å²) in [4.78, 5) is 4.70. The number of thioether (sulfide) groups is 1. The van der Waals surface area contributed by atoms with Gasteiger partial charge in [0.25, 0.3) is 0 Å². The van der Waals surface area contributed by atoms with Crippen molar-refractivity contribution in [2.75, 3.05) is 18.1 Å².